The number of anilines is 1. The van der Waals surface area contributed by atoms with Crippen molar-refractivity contribution in [3.05, 3.63) is 58.7 Å². The van der Waals surface area contributed by atoms with Crippen LogP contribution in [-0.4, -0.2) is 10.9 Å². The van der Waals surface area contributed by atoms with E-state index in [1.807, 2.05) is 26.0 Å². The molecule has 2 aromatic carbocycles. The molecular formula is C17H13F3N2OS. The van der Waals surface area contributed by atoms with Gasteiger partial charge in [0.1, 0.15) is 0 Å². The Hall–Kier alpha value is -2.41. The molecule has 3 nitrogen and oxygen atoms in total. The van der Waals surface area contributed by atoms with Gasteiger partial charge < -0.3 is 0 Å². The van der Waals surface area contributed by atoms with E-state index in [0.29, 0.717) is 5.13 Å². The molecule has 24 heavy (non-hydrogen) atoms. The second kappa shape index (κ2) is 5.90. The van der Waals surface area contributed by atoms with Gasteiger partial charge >= 0.3 is 6.18 Å². The number of hydrogen-bond acceptors (Lipinski definition) is 3. The number of rotatable bonds is 2. The maximum absolute atomic E-state index is 12.7. The van der Waals surface area contributed by atoms with Crippen LogP contribution in [0.4, 0.5) is 18.3 Å². The Morgan fingerprint density at radius 2 is 1.92 bits per heavy atom. The number of nitrogens with one attached hydrogen (secondary N) is 1. The van der Waals surface area contributed by atoms with Crippen LogP contribution in [0, 0.1) is 13.8 Å². The summed E-state index contributed by atoms with van der Waals surface area (Å²) in [6.45, 7) is 3.89. The fraction of sp³-hybridized carbons (Fsp3) is 0.176. The smallest absolute Gasteiger partial charge is 0.298 e. The van der Waals surface area contributed by atoms with Gasteiger partial charge in [-0.25, -0.2) is 4.98 Å². The van der Waals surface area contributed by atoms with Crippen molar-refractivity contribution in [2.45, 2.75) is 20.0 Å². The first-order valence-corrected chi connectivity index (χ1v) is 7.92. The van der Waals surface area contributed by atoms with Crippen molar-refractivity contribution in [3.63, 3.8) is 0 Å². The SMILES string of the molecule is Cc1cc(C)c2nc(NC(=O)c3cccc(C(F)(F)F)c3)sc2c1. The van der Waals surface area contributed by atoms with Gasteiger partial charge in [0, 0.05) is 5.56 Å². The molecule has 0 saturated carbocycles. The first-order chi connectivity index (χ1) is 11.2. The maximum atomic E-state index is 12.7. The van der Waals surface area contributed by atoms with Crippen LogP contribution in [0.25, 0.3) is 10.2 Å². The van der Waals surface area contributed by atoms with Gasteiger partial charge in [-0.2, -0.15) is 13.2 Å². The van der Waals surface area contributed by atoms with Crippen molar-refractivity contribution in [3.8, 4) is 0 Å². The largest absolute Gasteiger partial charge is 0.416 e. The number of fused-ring (bicyclic) bond motifs is 1. The molecule has 0 saturated heterocycles. The number of aromatic nitrogens is 1. The van der Waals surface area contributed by atoms with Crippen LogP contribution in [-0.2, 0) is 6.18 Å². The molecule has 0 spiro atoms. The van der Waals surface area contributed by atoms with Crippen LogP contribution < -0.4 is 5.32 Å². The predicted octanol–water partition coefficient (Wildman–Crippen LogP) is 5.18. The first kappa shape index (κ1) is 16.4. The second-order valence-electron chi connectivity index (χ2n) is 5.48. The lowest BCUT2D eigenvalue weighted by molar-refractivity contribution is -0.137. The lowest BCUT2D eigenvalue weighted by Gasteiger charge is -2.08. The normalized spacial score (nSPS) is 11.7. The summed E-state index contributed by atoms with van der Waals surface area (Å²) in [5.74, 6) is -0.616. The Morgan fingerprint density at radius 3 is 2.62 bits per heavy atom. The third kappa shape index (κ3) is 3.26. The Kier molecular flexibility index (Phi) is 4.04. The Morgan fingerprint density at radius 1 is 1.17 bits per heavy atom. The molecule has 0 unspecified atom stereocenters. The van der Waals surface area contributed by atoms with E-state index in [-0.39, 0.29) is 5.56 Å². The van der Waals surface area contributed by atoms with Gasteiger partial charge in [0.05, 0.1) is 15.8 Å². The fourth-order valence-electron chi connectivity index (χ4n) is 2.43. The van der Waals surface area contributed by atoms with Crippen LogP contribution in [0.1, 0.15) is 27.0 Å². The van der Waals surface area contributed by atoms with Crippen molar-refractivity contribution < 1.29 is 18.0 Å². The van der Waals surface area contributed by atoms with Gasteiger partial charge in [0.25, 0.3) is 5.91 Å². The molecule has 3 rings (SSSR count). The van der Waals surface area contributed by atoms with E-state index in [1.165, 1.54) is 23.5 Å². The zero-order chi connectivity index (χ0) is 17.5. The summed E-state index contributed by atoms with van der Waals surface area (Å²) in [5, 5.41) is 2.94. The molecule has 1 amide bonds. The molecule has 124 valence electrons. The van der Waals surface area contributed by atoms with Crippen molar-refractivity contribution >= 4 is 32.6 Å². The third-order valence-corrected chi connectivity index (χ3v) is 4.42. The molecule has 1 aromatic heterocycles. The highest BCUT2D eigenvalue weighted by Gasteiger charge is 2.30. The van der Waals surface area contributed by atoms with Gasteiger partial charge in [0.2, 0.25) is 0 Å². The molecule has 0 radical (unpaired) electrons. The number of halogens is 3. The van der Waals surface area contributed by atoms with Crippen LogP contribution in [0.2, 0.25) is 0 Å². The van der Waals surface area contributed by atoms with Crippen LogP contribution >= 0.6 is 11.3 Å². The maximum Gasteiger partial charge on any atom is 0.416 e. The molecule has 0 fully saturated rings. The summed E-state index contributed by atoms with van der Waals surface area (Å²) in [6, 6.07) is 8.26. The van der Waals surface area contributed by atoms with Crippen LogP contribution in [0.3, 0.4) is 0 Å². The van der Waals surface area contributed by atoms with E-state index in [9.17, 15) is 18.0 Å². The van der Waals surface area contributed by atoms with E-state index in [2.05, 4.69) is 10.3 Å². The zero-order valence-electron chi connectivity index (χ0n) is 12.9. The summed E-state index contributed by atoms with van der Waals surface area (Å²) in [6.07, 6.45) is -4.49. The number of alkyl halides is 3. The molecule has 7 heteroatoms. The van der Waals surface area contributed by atoms with E-state index in [4.69, 9.17) is 0 Å². The van der Waals surface area contributed by atoms with Gasteiger partial charge in [0.15, 0.2) is 5.13 Å². The van der Waals surface area contributed by atoms with Crippen molar-refractivity contribution in [2.24, 2.45) is 0 Å². The van der Waals surface area contributed by atoms with E-state index >= 15 is 0 Å². The molecular weight excluding hydrogens is 337 g/mol. The fourth-order valence-corrected chi connectivity index (χ4v) is 3.47. The molecule has 0 aliphatic rings. The lowest BCUT2D eigenvalue weighted by Crippen LogP contribution is -2.13. The van der Waals surface area contributed by atoms with Gasteiger partial charge in [-0.05, 0) is 49.2 Å². The number of carbonyl (C=O) groups is 1. The van der Waals surface area contributed by atoms with Crippen molar-refractivity contribution in [2.75, 3.05) is 5.32 Å². The van der Waals surface area contributed by atoms with E-state index < -0.39 is 17.6 Å². The number of amides is 1. The summed E-state index contributed by atoms with van der Waals surface area (Å²) < 4.78 is 39.1. The number of hydrogen-bond donors (Lipinski definition) is 1. The molecule has 3 aromatic rings. The highest BCUT2D eigenvalue weighted by molar-refractivity contribution is 7.22. The minimum atomic E-state index is -4.49. The monoisotopic (exact) mass is 350 g/mol. The number of benzene rings is 2. The number of aryl methyl sites for hydroxylation is 2. The Balaban J connectivity index is 1.89. The molecule has 0 aliphatic heterocycles. The van der Waals surface area contributed by atoms with Crippen LogP contribution in [0.5, 0.6) is 0 Å². The lowest BCUT2D eigenvalue weighted by atomic mass is 10.1. The minimum Gasteiger partial charge on any atom is -0.298 e. The Bertz CT molecular complexity index is 931. The zero-order valence-corrected chi connectivity index (χ0v) is 13.7. The quantitative estimate of drug-likeness (QED) is 0.691. The second-order valence-corrected chi connectivity index (χ2v) is 6.51. The standard InChI is InChI=1S/C17H13F3N2OS/c1-9-6-10(2)14-13(7-9)24-16(21-14)22-15(23)11-4-3-5-12(8-11)17(18,19)20/h3-8H,1-2H3,(H,21,22,23). The number of carbonyl (C=O) groups excluding carboxylic acids is 1. The van der Waals surface area contributed by atoms with Gasteiger partial charge in [-0.15, -0.1) is 0 Å². The minimum absolute atomic E-state index is 0.0583. The molecule has 1 N–H and O–H groups in total. The van der Waals surface area contributed by atoms with Crippen molar-refractivity contribution in [1.29, 1.82) is 0 Å². The van der Waals surface area contributed by atoms with Gasteiger partial charge in [-0.3, -0.25) is 10.1 Å². The molecule has 1 heterocycles. The summed E-state index contributed by atoms with van der Waals surface area (Å²) in [5.41, 5.74) is 1.94. The van der Waals surface area contributed by atoms with Crippen molar-refractivity contribution in [1.82, 2.24) is 4.98 Å². The predicted molar refractivity (Wildman–Crippen MR) is 88.5 cm³/mol. The summed E-state index contributed by atoms with van der Waals surface area (Å²) >= 11 is 1.29. The van der Waals surface area contributed by atoms with Crippen LogP contribution in [0.15, 0.2) is 36.4 Å². The van der Waals surface area contributed by atoms with Gasteiger partial charge in [-0.1, -0.05) is 23.5 Å². The average molecular weight is 350 g/mol. The van der Waals surface area contributed by atoms with E-state index in [1.54, 1.807) is 0 Å². The molecule has 0 atom stereocenters. The van der Waals surface area contributed by atoms with E-state index in [0.717, 1.165) is 33.5 Å². The average Bonchev–Trinajstić information content (AvgIpc) is 2.89. The molecule has 0 aliphatic carbocycles. The molecule has 0 bridgehead atoms. The first-order valence-electron chi connectivity index (χ1n) is 7.10. The topological polar surface area (TPSA) is 42.0 Å². The Labute approximate surface area is 140 Å². The highest BCUT2D eigenvalue weighted by atomic mass is 32.1. The highest BCUT2D eigenvalue weighted by Crippen LogP contribution is 2.31. The number of nitrogens with zero attached hydrogens (tertiary/aromatic N) is 1. The third-order valence-electron chi connectivity index (χ3n) is 3.50. The number of thiazole rings is 1. The summed E-state index contributed by atoms with van der Waals surface area (Å²) in [7, 11) is 0. The summed E-state index contributed by atoms with van der Waals surface area (Å²) in [4.78, 5) is 16.6.